The van der Waals surface area contributed by atoms with E-state index in [9.17, 15) is 19.2 Å². The molecule has 2 amide bonds. The van der Waals surface area contributed by atoms with Crippen LogP contribution in [0.25, 0.3) is 11.1 Å². The van der Waals surface area contributed by atoms with E-state index in [1.165, 1.54) is 13.3 Å². The van der Waals surface area contributed by atoms with Crippen molar-refractivity contribution >= 4 is 18.0 Å². The Morgan fingerprint density at radius 1 is 0.974 bits per heavy atom. The van der Waals surface area contributed by atoms with Gasteiger partial charge in [0, 0.05) is 12.5 Å². The van der Waals surface area contributed by atoms with Gasteiger partial charge in [0.1, 0.15) is 6.04 Å². The lowest BCUT2D eigenvalue weighted by Gasteiger charge is -2.31. The predicted octanol–water partition coefficient (Wildman–Crippen LogP) is 5.06. The summed E-state index contributed by atoms with van der Waals surface area (Å²) in [5.41, 5.74) is 1.48. The lowest BCUT2D eigenvalue weighted by Crippen LogP contribution is -2.53. The predicted molar refractivity (Wildman–Crippen MR) is 146 cm³/mol. The Hall–Kier alpha value is -3.16. The van der Waals surface area contributed by atoms with Crippen molar-refractivity contribution < 1.29 is 23.9 Å². The van der Waals surface area contributed by atoms with Gasteiger partial charge in [-0.3, -0.25) is 14.4 Å². The van der Waals surface area contributed by atoms with E-state index in [1.54, 1.807) is 0 Å². The molecule has 2 aromatic carbocycles. The first-order valence-corrected chi connectivity index (χ1v) is 13.8. The Balaban J connectivity index is 1.74. The topological polar surface area (TPSA) is 111 Å². The number of carbonyl (C=O) groups is 3. The summed E-state index contributed by atoms with van der Waals surface area (Å²) in [5.74, 6) is -0.621. The van der Waals surface area contributed by atoms with Crippen LogP contribution in [-0.4, -0.2) is 36.7 Å². The highest BCUT2D eigenvalue weighted by atomic mass is 16.6. The summed E-state index contributed by atoms with van der Waals surface area (Å²) >= 11 is 0. The van der Waals surface area contributed by atoms with E-state index in [2.05, 4.69) is 10.6 Å². The van der Waals surface area contributed by atoms with Gasteiger partial charge in [-0.15, -0.1) is 0 Å². The number of esters is 1. The van der Waals surface area contributed by atoms with Crippen LogP contribution in [-0.2, 0) is 19.1 Å². The van der Waals surface area contributed by atoms with Gasteiger partial charge in [-0.25, -0.2) is 4.79 Å². The lowest BCUT2D eigenvalue weighted by molar-refractivity contribution is -0.150. The largest absolute Gasteiger partial charge is 0.455 e. The number of carbonyl (C=O) groups excluding carboxylic acids is 3. The van der Waals surface area contributed by atoms with Crippen LogP contribution in [0.2, 0.25) is 0 Å². The van der Waals surface area contributed by atoms with Crippen molar-refractivity contribution in [1.82, 2.24) is 10.6 Å². The van der Waals surface area contributed by atoms with Crippen molar-refractivity contribution in [2.24, 2.45) is 17.8 Å². The summed E-state index contributed by atoms with van der Waals surface area (Å²) in [5, 5.41) is 5.72. The number of amides is 2. The summed E-state index contributed by atoms with van der Waals surface area (Å²) in [6, 6.07) is 7.70. The smallest absolute Gasteiger partial charge is 0.407 e. The minimum atomic E-state index is -0.933. The van der Waals surface area contributed by atoms with Crippen LogP contribution in [0.1, 0.15) is 84.8 Å². The summed E-state index contributed by atoms with van der Waals surface area (Å²) in [7, 11) is 0. The van der Waals surface area contributed by atoms with Crippen LogP contribution >= 0.6 is 0 Å². The number of ether oxygens (including phenoxy) is 2. The van der Waals surface area contributed by atoms with Crippen LogP contribution < -0.4 is 16.1 Å². The average molecular weight is 527 g/mol. The first-order chi connectivity index (χ1) is 18.1. The second kappa shape index (κ2) is 13.6. The highest BCUT2D eigenvalue weighted by Crippen LogP contribution is 2.36. The Labute approximate surface area is 225 Å². The number of rotatable bonds is 12. The van der Waals surface area contributed by atoms with Crippen molar-refractivity contribution in [2.45, 2.75) is 91.3 Å². The lowest BCUT2D eigenvalue weighted by atomic mass is 9.90. The molecule has 2 aromatic rings. The van der Waals surface area contributed by atoms with Gasteiger partial charge in [-0.2, -0.15) is 0 Å². The molecule has 208 valence electrons. The molecule has 1 saturated carbocycles. The van der Waals surface area contributed by atoms with Gasteiger partial charge >= 0.3 is 12.1 Å². The van der Waals surface area contributed by atoms with Crippen LogP contribution in [0.4, 0.5) is 4.79 Å². The second-order valence-electron chi connectivity index (χ2n) is 11.2. The third kappa shape index (κ3) is 8.17. The van der Waals surface area contributed by atoms with Crippen molar-refractivity contribution in [3.8, 4) is 11.1 Å². The van der Waals surface area contributed by atoms with Crippen LogP contribution in [0.15, 0.2) is 35.1 Å². The van der Waals surface area contributed by atoms with Crippen molar-refractivity contribution in [2.75, 3.05) is 6.61 Å². The van der Waals surface area contributed by atoms with Crippen LogP contribution in [0, 0.1) is 17.8 Å². The molecule has 0 aromatic heterocycles. The molecular weight excluding hydrogens is 484 g/mol. The first kappa shape index (κ1) is 29.4. The number of benzene rings is 1. The van der Waals surface area contributed by atoms with E-state index in [1.807, 2.05) is 58.0 Å². The monoisotopic (exact) mass is 526 g/mol. The van der Waals surface area contributed by atoms with Gasteiger partial charge < -0.3 is 20.1 Å². The molecule has 0 spiro atoms. The van der Waals surface area contributed by atoms with E-state index >= 15 is 0 Å². The fourth-order valence-electron chi connectivity index (χ4n) is 5.13. The zero-order valence-corrected chi connectivity index (χ0v) is 23.3. The SMILES string of the molecule is CC(=O)O[C@H](c1c(-c2ccccc2)c1=O)[C@@H](NC(=O)[C@H](CC(C)C)NC(=O)OCC1CCCCC1)C(C)C. The maximum atomic E-state index is 13.5. The number of hydrogen-bond donors (Lipinski definition) is 2. The van der Waals surface area contributed by atoms with Crippen molar-refractivity contribution in [3.63, 3.8) is 0 Å². The normalized spacial score (nSPS) is 16.7. The molecule has 3 rings (SSSR count). The molecule has 3 atom stereocenters. The molecule has 38 heavy (non-hydrogen) atoms. The quantitative estimate of drug-likeness (QED) is 0.374. The number of hydrogen-bond acceptors (Lipinski definition) is 6. The van der Waals surface area contributed by atoms with Gasteiger partial charge in [0.15, 0.2) is 11.5 Å². The molecule has 0 aliphatic heterocycles. The maximum absolute atomic E-state index is 13.5. The zero-order valence-electron chi connectivity index (χ0n) is 23.3. The molecule has 1 aliphatic carbocycles. The third-order valence-corrected chi connectivity index (χ3v) is 7.16. The van der Waals surface area contributed by atoms with Crippen LogP contribution in [0.5, 0.6) is 0 Å². The van der Waals surface area contributed by atoms with E-state index in [0.717, 1.165) is 31.2 Å². The minimum absolute atomic E-state index is 0.128. The zero-order chi connectivity index (χ0) is 27.8. The van der Waals surface area contributed by atoms with E-state index in [-0.39, 0.29) is 17.3 Å². The van der Waals surface area contributed by atoms with Gasteiger partial charge in [-0.05, 0) is 42.6 Å². The summed E-state index contributed by atoms with van der Waals surface area (Å²) < 4.78 is 11.1. The molecule has 0 radical (unpaired) electrons. The fourth-order valence-corrected chi connectivity index (χ4v) is 5.13. The van der Waals surface area contributed by atoms with E-state index in [4.69, 9.17) is 9.47 Å². The third-order valence-electron chi connectivity index (χ3n) is 7.16. The molecule has 2 N–H and O–H groups in total. The maximum Gasteiger partial charge on any atom is 0.407 e. The minimum Gasteiger partial charge on any atom is -0.455 e. The Morgan fingerprint density at radius 2 is 1.63 bits per heavy atom. The van der Waals surface area contributed by atoms with Gasteiger partial charge in [-0.1, -0.05) is 77.3 Å². The Kier molecular flexibility index (Phi) is 10.5. The molecule has 0 unspecified atom stereocenters. The molecule has 0 bridgehead atoms. The van der Waals surface area contributed by atoms with Gasteiger partial charge in [0.05, 0.1) is 18.2 Å². The summed E-state index contributed by atoms with van der Waals surface area (Å²) in [6.45, 7) is 9.35. The molecule has 8 heteroatoms. The van der Waals surface area contributed by atoms with Crippen molar-refractivity contribution in [3.05, 3.63) is 46.1 Å². The van der Waals surface area contributed by atoms with E-state index in [0.29, 0.717) is 30.1 Å². The van der Waals surface area contributed by atoms with Gasteiger partial charge in [0.25, 0.3) is 0 Å². The standard InChI is InChI=1S/C30H42N2O6/c1-18(2)16-23(31-30(36)37-17-21-12-8-6-9-13-21)29(35)32-26(19(3)4)28(38-20(5)33)25-24(27(25)34)22-14-10-7-11-15-22/h7,10-11,14-15,18-19,21,23,26,28H,6,8-9,12-13,16-17H2,1-5H3,(H,31,36)(H,32,35)/t23-,26-,28+/m0/s1. The fraction of sp³-hybridized carbons (Fsp3) is 0.600. The second-order valence-corrected chi connectivity index (χ2v) is 11.2. The van der Waals surface area contributed by atoms with E-state index < -0.39 is 36.2 Å². The molecule has 0 heterocycles. The Bertz CT molecular complexity index is 1080. The van der Waals surface area contributed by atoms with Gasteiger partial charge in [0.2, 0.25) is 5.91 Å². The summed E-state index contributed by atoms with van der Waals surface area (Å²) in [4.78, 5) is 50.9. The highest BCUT2D eigenvalue weighted by molar-refractivity contribution is 5.86. The molecule has 1 fully saturated rings. The number of nitrogens with one attached hydrogen (secondary N) is 2. The molecular formula is C30H42N2O6. The van der Waals surface area contributed by atoms with Crippen LogP contribution in [0.3, 0.4) is 0 Å². The average Bonchev–Trinajstić information content (AvgIpc) is 3.55. The first-order valence-electron chi connectivity index (χ1n) is 13.8. The number of alkyl carbamates (subject to hydrolysis) is 1. The molecule has 0 saturated heterocycles. The Morgan fingerprint density at radius 3 is 2.21 bits per heavy atom. The molecule has 8 nitrogen and oxygen atoms in total. The summed E-state index contributed by atoms with van der Waals surface area (Å²) in [6.07, 6.45) is 4.49. The molecule has 1 aliphatic rings. The highest BCUT2D eigenvalue weighted by Gasteiger charge is 2.41. The van der Waals surface area contributed by atoms with Crippen molar-refractivity contribution in [1.29, 1.82) is 0 Å².